The van der Waals surface area contributed by atoms with Crippen LogP contribution in [0.4, 0.5) is 0 Å². The quantitative estimate of drug-likeness (QED) is 0.640. The van der Waals surface area contributed by atoms with Gasteiger partial charge in [-0.05, 0) is 18.6 Å². The van der Waals surface area contributed by atoms with E-state index in [1.807, 2.05) is 25.3 Å². The molecule has 0 radical (unpaired) electrons. The molecule has 0 aliphatic carbocycles. The van der Waals surface area contributed by atoms with Crippen molar-refractivity contribution in [2.24, 2.45) is 0 Å². The van der Waals surface area contributed by atoms with Crippen LogP contribution in [0.1, 0.15) is 5.56 Å². The van der Waals surface area contributed by atoms with Crippen LogP contribution in [-0.4, -0.2) is 10.1 Å². The van der Waals surface area contributed by atoms with Gasteiger partial charge in [0.15, 0.2) is 0 Å². The van der Waals surface area contributed by atoms with E-state index >= 15 is 0 Å². The molecule has 12 heavy (non-hydrogen) atoms. The van der Waals surface area contributed by atoms with Crippen molar-refractivity contribution in [2.45, 2.75) is 6.92 Å². The highest BCUT2D eigenvalue weighted by atomic mass is 16.5. The average molecular weight is 160 g/mol. The van der Waals surface area contributed by atoms with E-state index in [9.17, 15) is 0 Å². The lowest BCUT2D eigenvalue weighted by Gasteiger charge is -1.97. The first kappa shape index (κ1) is 7.03. The van der Waals surface area contributed by atoms with E-state index in [1.165, 1.54) is 0 Å². The van der Waals surface area contributed by atoms with Crippen LogP contribution in [0, 0.1) is 6.92 Å². The van der Waals surface area contributed by atoms with Crippen LogP contribution in [-0.2, 0) is 0 Å². The number of hydrogen-bond donors (Lipinski definition) is 0. The lowest BCUT2D eigenvalue weighted by atomic mass is 10.1. The molecule has 0 atom stereocenters. The Morgan fingerprint density at radius 1 is 1.33 bits per heavy atom. The van der Waals surface area contributed by atoms with Gasteiger partial charge in [-0.2, -0.15) is 0 Å². The third-order valence-corrected chi connectivity index (χ3v) is 1.73. The van der Waals surface area contributed by atoms with Crippen molar-refractivity contribution in [1.82, 2.24) is 10.1 Å². The second kappa shape index (κ2) is 2.77. The molecule has 60 valence electrons. The number of aromatic nitrogens is 2. The molecule has 3 nitrogen and oxygen atoms in total. The lowest BCUT2D eigenvalue weighted by molar-refractivity contribution is 0.422. The van der Waals surface area contributed by atoms with Gasteiger partial charge in [-0.15, -0.1) is 0 Å². The molecular formula is C9H8N2O. The summed E-state index contributed by atoms with van der Waals surface area (Å²) in [5, 5.41) is 3.84. The summed E-state index contributed by atoms with van der Waals surface area (Å²) in [7, 11) is 0. The zero-order chi connectivity index (χ0) is 8.39. The summed E-state index contributed by atoms with van der Waals surface area (Å²) in [6.07, 6.45) is 5.12. The second-order valence-electron chi connectivity index (χ2n) is 2.58. The van der Waals surface area contributed by atoms with E-state index in [0.717, 1.165) is 16.8 Å². The van der Waals surface area contributed by atoms with E-state index < -0.39 is 0 Å². The highest BCUT2D eigenvalue weighted by Crippen LogP contribution is 2.19. The first-order valence-corrected chi connectivity index (χ1v) is 3.69. The van der Waals surface area contributed by atoms with Crippen LogP contribution in [0.3, 0.4) is 0 Å². The molecular weight excluding hydrogens is 152 g/mol. The van der Waals surface area contributed by atoms with Gasteiger partial charge in [-0.25, -0.2) is 0 Å². The Labute approximate surface area is 70.0 Å². The van der Waals surface area contributed by atoms with Crippen LogP contribution in [0.2, 0.25) is 0 Å². The summed E-state index contributed by atoms with van der Waals surface area (Å²) < 4.78 is 4.75. The summed E-state index contributed by atoms with van der Waals surface area (Å²) in [5.41, 5.74) is 3.03. The zero-order valence-corrected chi connectivity index (χ0v) is 6.69. The minimum atomic E-state index is 0.856. The third-order valence-electron chi connectivity index (χ3n) is 1.73. The summed E-state index contributed by atoms with van der Waals surface area (Å²) in [6, 6.07) is 3.76. The van der Waals surface area contributed by atoms with Gasteiger partial charge < -0.3 is 4.52 Å². The molecule has 0 aromatic carbocycles. The molecule has 0 fully saturated rings. The minimum Gasteiger partial charge on any atom is -0.364 e. The first-order valence-electron chi connectivity index (χ1n) is 3.69. The molecule has 0 aliphatic rings. The summed E-state index contributed by atoms with van der Waals surface area (Å²) in [5.74, 6) is 0. The number of rotatable bonds is 1. The molecule has 0 aliphatic heterocycles. The fourth-order valence-electron chi connectivity index (χ4n) is 1.11. The number of pyridine rings is 1. The van der Waals surface area contributed by atoms with Crippen molar-refractivity contribution in [2.75, 3.05) is 0 Å². The maximum atomic E-state index is 4.75. The van der Waals surface area contributed by atoms with Crippen molar-refractivity contribution < 1.29 is 4.52 Å². The molecule has 2 heterocycles. The van der Waals surface area contributed by atoms with Crippen molar-refractivity contribution in [3.63, 3.8) is 0 Å². The Balaban J connectivity index is 2.55. The monoisotopic (exact) mass is 160 g/mol. The van der Waals surface area contributed by atoms with Crippen molar-refractivity contribution in [3.05, 3.63) is 36.4 Å². The third kappa shape index (κ3) is 1.09. The van der Waals surface area contributed by atoms with Gasteiger partial charge in [0.25, 0.3) is 0 Å². The fourth-order valence-corrected chi connectivity index (χ4v) is 1.11. The van der Waals surface area contributed by atoms with Gasteiger partial charge in [0.2, 0.25) is 0 Å². The molecule has 0 spiro atoms. The topological polar surface area (TPSA) is 38.9 Å². The van der Waals surface area contributed by atoms with E-state index in [0.29, 0.717) is 0 Å². The largest absolute Gasteiger partial charge is 0.364 e. The zero-order valence-electron chi connectivity index (χ0n) is 6.69. The molecule has 0 bridgehead atoms. The van der Waals surface area contributed by atoms with Crippen molar-refractivity contribution >= 4 is 0 Å². The molecule has 0 saturated heterocycles. The van der Waals surface area contributed by atoms with E-state index in [1.54, 1.807) is 12.5 Å². The van der Waals surface area contributed by atoms with Gasteiger partial charge in [-0.1, -0.05) is 5.16 Å². The molecule has 0 N–H and O–H groups in total. The Kier molecular flexibility index (Phi) is 1.63. The molecule has 0 amide bonds. The average Bonchev–Trinajstić information content (AvgIpc) is 2.57. The lowest BCUT2D eigenvalue weighted by Crippen LogP contribution is -1.83. The first-order chi connectivity index (χ1) is 5.88. The van der Waals surface area contributed by atoms with Gasteiger partial charge >= 0.3 is 0 Å². The molecule has 2 aromatic rings. The number of nitrogens with zero attached hydrogens (tertiary/aromatic N) is 2. The predicted molar refractivity (Wildman–Crippen MR) is 44.5 cm³/mol. The maximum Gasteiger partial charge on any atom is 0.124 e. The highest BCUT2D eigenvalue weighted by molar-refractivity contribution is 5.61. The van der Waals surface area contributed by atoms with E-state index in [-0.39, 0.29) is 0 Å². The van der Waals surface area contributed by atoms with Gasteiger partial charge in [-0.3, -0.25) is 4.98 Å². The van der Waals surface area contributed by atoms with Crippen LogP contribution in [0.25, 0.3) is 11.3 Å². The fraction of sp³-hybridized carbons (Fsp3) is 0.111. The molecule has 2 rings (SSSR count). The SMILES string of the molecule is Cc1cnccc1-c1ccon1. The van der Waals surface area contributed by atoms with Gasteiger partial charge in [0.1, 0.15) is 12.0 Å². The van der Waals surface area contributed by atoms with Gasteiger partial charge in [0.05, 0.1) is 0 Å². The Morgan fingerprint density at radius 3 is 2.92 bits per heavy atom. The Hall–Kier alpha value is -1.64. The van der Waals surface area contributed by atoms with Crippen molar-refractivity contribution in [1.29, 1.82) is 0 Å². The smallest absolute Gasteiger partial charge is 0.124 e. The van der Waals surface area contributed by atoms with E-state index in [4.69, 9.17) is 4.52 Å². The summed E-state index contributed by atoms with van der Waals surface area (Å²) >= 11 is 0. The predicted octanol–water partition coefficient (Wildman–Crippen LogP) is 2.05. The Bertz CT molecular complexity index is 368. The number of aryl methyl sites for hydroxylation is 1. The van der Waals surface area contributed by atoms with E-state index in [2.05, 4.69) is 10.1 Å². The van der Waals surface area contributed by atoms with Gasteiger partial charge in [0, 0.05) is 24.0 Å². The molecule has 0 unspecified atom stereocenters. The normalized spacial score (nSPS) is 10.1. The molecule has 0 saturated carbocycles. The van der Waals surface area contributed by atoms with Crippen LogP contribution < -0.4 is 0 Å². The molecule has 2 aromatic heterocycles. The van der Waals surface area contributed by atoms with Crippen molar-refractivity contribution in [3.8, 4) is 11.3 Å². The minimum absolute atomic E-state index is 0.856. The van der Waals surface area contributed by atoms with Crippen LogP contribution in [0.15, 0.2) is 35.3 Å². The number of hydrogen-bond acceptors (Lipinski definition) is 3. The van der Waals surface area contributed by atoms with Crippen LogP contribution >= 0.6 is 0 Å². The standard InChI is InChI=1S/C9H8N2O/c1-7-6-10-4-2-8(7)9-3-5-12-11-9/h2-6H,1H3. The highest BCUT2D eigenvalue weighted by Gasteiger charge is 2.02. The molecule has 3 heteroatoms. The maximum absolute atomic E-state index is 4.75. The summed E-state index contributed by atoms with van der Waals surface area (Å²) in [4.78, 5) is 4.00. The van der Waals surface area contributed by atoms with Crippen LogP contribution in [0.5, 0.6) is 0 Å². The summed E-state index contributed by atoms with van der Waals surface area (Å²) in [6.45, 7) is 2.00. The second-order valence-corrected chi connectivity index (χ2v) is 2.58. The Morgan fingerprint density at radius 2 is 2.25 bits per heavy atom.